The highest BCUT2D eigenvalue weighted by molar-refractivity contribution is 5.96. The lowest BCUT2D eigenvalue weighted by Crippen LogP contribution is -2.40. The van der Waals surface area contributed by atoms with Crippen molar-refractivity contribution in [3.63, 3.8) is 0 Å². The summed E-state index contributed by atoms with van der Waals surface area (Å²) in [6.07, 6.45) is 1.23. The van der Waals surface area contributed by atoms with Crippen molar-refractivity contribution in [2.45, 2.75) is 18.9 Å². The first kappa shape index (κ1) is 15.5. The van der Waals surface area contributed by atoms with Gasteiger partial charge in [-0.15, -0.1) is 0 Å². The van der Waals surface area contributed by atoms with E-state index < -0.39 is 6.10 Å². The van der Waals surface area contributed by atoms with Gasteiger partial charge in [0.15, 0.2) is 11.5 Å². The molecule has 2 aromatic rings. The lowest BCUT2D eigenvalue weighted by atomic mass is 10.2. The normalized spacial score (nSPS) is 18.3. The number of carbonyl (C=O) groups is 2. The first-order valence-corrected chi connectivity index (χ1v) is 8.29. The van der Waals surface area contributed by atoms with E-state index in [-0.39, 0.29) is 24.3 Å². The SMILES string of the molecule is O=C(Nc1ccc(NC(=O)C2COc3ccccc3O2)cc1)C1CC1. The van der Waals surface area contributed by atoms with Crippen LogP contribution in [0.1, 0.15) is 12.8 Å². The van der Waals surface area contributed by atoms with Gasteiger partial charge in [0.05, 0.1) is 0 Å². The number of hydrogen-bond donors (Lipinski definition) is 2. The van der Waals surface area contributed by atoms with Crippen LogP contribution in [0.4, 0.5) is 11.4 Å². The van der Waals surface area contributed by atoms with E-state index in [2.05, 4.69) is 10.6 Å². The summed E-state index contributed by atoms with van der Waals surface area (Å²) in [4.78, 5) is 24.1. The molecule has 0 bridgehead atoms. The third-order valence-electron chi connectivity index (χ3n) is 4.17. The molecule has 0 aromatic heterocycles. The molecule has 6 heteroatoms. The smallest absolute Gasteiger partial charge is 0.269 e. The van der Waals surface area contributed by atoms with E-state index in [0.717, 1.165) is 18.5 Å². The Morgan fingerprint density at radius 2 is 1.44 bits per heavy atom. The van der Waals surface area contributed by atoms with Gasteiger partial charge >= 0.3 is 0 Å². The second-order valence-electron chi connectivity index (χ2n) is 6.19. The molecule has 1 aliphatic heterocycles. The lowest BCUT2D eigenvalue weighted by molar-refractivity contribution is -0.125. The van der Waals surface area contributed by atoms with Crippen LogP contribution >= 0.6 is 0 Å². The minimum Gasteiger partial charge on any atom is -0.485 e. The zero-order chi connectivity index (χ0) is 17.2. The predicted molar refractivity (Wildman–Crippen MR) is 92.8 cm³/mol. The molecule has 0 spiro atoms. The largest absolute Gasteiger partial charge is 0.485 e. The Bertz CT molecular complexity index is 799. The summed E-state index contributed by atoms with van der Waals surface area (Å²) < 4.78 is 11.2. The molecule has 2 aromatic carbocycles. The molecule has 1 aliphatic carbocycles. The van der Waals surface area contributed by atoms with Crippen molar-refractivity contribution in [1.29, 1.82) is 0 Å². The molecular formula is C19H18N2O4. The van der Waals surface area contributed by atoms with E-state index in [1.807, 2.05) is 12.1 Å². The van der Waals surface area contributed by atoms with Crippen LogP contribution < -0.4 is 20.1 Å². The second-order valence-corrected chi connectivity index (χ2v) is 6.19. The maximum Gasteiger partial charge on any atom is 0.269 e. The van der Waals surface area contributed by atoms with Crippen LogP contribution in [0.2, 0.25) is 0 Å². The van der Waals surface area contributed by atoms with Crippen molar-refractivity contribution in [3.8, 4) is 11.5 Å². The third-order valence-corrected chi connectivity index (χ3v) is 4.17. The minimum atomic E-state index is -0.704. The molecule has 25 heavy (non-hydrogen) atoms. The van der Waals surface area contributed by atoms with Gasteiger partial charge in [0, 0.05) is 17.3 Å². The molecule has 2 N–H and O–H groups in total. The first-order valence-electron chi connectivity index (χ1n) is 8.29. The summed E-state index contributed by atoms with van der Waals surface area (Å²) in [5, 5.41) is 5.66. The lowest BCUT2D eigenvalue weighted by Gasteiger charge is -2.25. The highest BCUT2D eigenvalue weighted by Gasteiger charge is 2.29. The van der Waals surface area contributed by atoms with Gasteiger partial charge in [0.2, 0.25) is 12.0 Å². The molecule has 4 rings (SSSR count). The van der Waals surface area contributed by atoms with Gasteiger partial charge < -0.3 is 20.1 Å². The summed E-state index contributed by atoms with van der Waals surface area (Å²) >= 11 is 0. The van der Waals surface area contributed by atoms with E-state index in [1.54, 1.807) is 36.4 Å². The third kappa shape index (κ3) is 3.57. The number of nitrogens with one attached hydrogen (secondary N) is 2. The van der Waals surface area contributed by atoms with Crippen molar-refractivity contribution in [1.82, 2.24) is 0 Å². The topological polar surface area (TPSA) is 76.7 Å². The molecule has 0 radical (unpaired) electrons. The summed E-state index contributed by atoms with van der Waals surface area (Å²) in [5.74, 6) is 1.15. The molecule has 128 valence electrons. The highest BCUT2D eigenvalue weighted by atomic mass is 16.6. The number of para-hydroxylation sites is 2. The second kappa shape index (κ2) is 6.47. The Hall–Kier alpha value is -3.02. The molecule has 1 unspecified atom stereocenters. The molecule has 6 nitrogen and oxygen atoms in total. The maximum absolute atomic E-state index is 12.4. The maximum atomic E-state index is 12.4. The molecule has 1 atom stereocenters. The highest BCUT2D eigenvalue weighted by Crippen LogP contribution is 2.31. The molecule has 1 saturated carbocycles. The number of anilines is 2. The molecule has 1 fully saturated rings. The Labute approximate surface area is 145 Å². The van der Waals surface area contributed by atoms with E-state index >= 15 is 0 Å². The van der Waals surface area contributed by atoms with Crippen LogP contribution in [0.3, 0.4) is 0 Å². The molecule has 0 saturated heterocycles. The van der Waals surface area contributed by atoms with Crippen LogP contribution in [0.15, 0.2) is 48.5 Å². The number of fused-ring (bicyclic) bond motifs is 1. The van der Waals surface area contributed by atoms with Crippen LogP contribution in [0.5, 0.6) is 11.5 Å². The van der Waals surface area contributed by atoms with Gasteiger partial charge in [0.1, 0.15) is 6.61 Å². The quantitative estimate of drug-likeness (QED) is 0.899. The monoisotopic (exact) mass is 338 g/mol. The zero-order valence-electron chi connectivity index (χ0n) is 13.5. The Balaban J connectivity index is 1.35. The van der Waals surface area contributed by atoms with Gasteiger partial charge in [0.25, 0.3) is 5.91 Å². The molecule has 2 aliphatic rings. The van der Waals surface area contributed by atoms with Gasteiger partial charge in [-0.25, -0.2) is 0 Å². The summed E-state index contributed by atoms with van der Waals surface area (Å²) in [5.41, 5.74) is 1.36. The van der Waals surface area contributed by atoms with Crippen molar-refractivity contribution >= 4 is 23.2 Å². The van der Waals surface area contributed by atoms with E-state index in [1.165, 1.54) is 0 Å². The Morgan fingerprint density at radius 1 is 0.840 bits per heavy atom. The number of hydrogen-bond acceptors (Lipinski definition) is 4. The molecular weight excluding hydrogens is 320 g/mol. The van der Waals surface area contributed by atoms with Crippen molar-refractivity contribution in [2.24, 2.45) is 5.92 Å². The van der Waals surface area contributed by atoms with Crippen LogP contribution in [-0.2, 0) is 9.59 Å². The standard InChI is InChI=1S/C19H18N2O4/c22-18(12-5-6-12)20-13-7-9-14(10-8-13)21-19(23)17-11-24-15-3-1-2-4-16(15)25-17/h1-4,7-10,12,17H,5-6,11H2,(H,20,22)(H,21,23). The fourth-order valence-electron chi connectivity index (χ4n) is 2.60. The number of benzene rings is 2. The predicted octanol–water partition coefficient (Wildman–Crippen LogP) is 2.81. The molecule has 1 heterocycles. The number of rotatable bonds is 4. The Morgan fingerprint density at radius 3 is 2.08 bits per heavy atom. The van der Waals surface area contributed by atoms with E-state index in [9.17, 15) is 9.59 Å². The van der Waals surface area contributed by atoms with Gasteiger partial charge in [-0.05, 0) is 49.2 Å². The average molecular weight is 338 g/mol. The van der Waals surface area contributed by atoms with Crippen LogP contribution in [0.25, 0.3) is 0 Å². The fourth-order valence-corrected chi connectivity index (χ4v) is 2.60. The number of amides is 2. The summed E-state index contributed by atoms with van der Waals surface area (Å²) in [6.45, 7) is 0.165. The number of ether oxygens (including phenoxy) is 2. The fraction of sp³-hybridized carbons (Fsp3) is 0.263. The van der Waals surface area contributed by atoms with Crippen LogP contribution in [0, 0.1) is 5.92 Å². The average Bonchev–Trinajstić information content (AvgIpc) is 3.48. The van der Waals surface area contributed by atoms with Crippen molar-refractivity contribution < 1.29 is 19.1 Å². The van der Waals surface area contributed by atoms with Crippen LogP contribution in [-0.4, -0.2) is 24.5 Å². The van der Waals surface area contributed by atoms with E-state index in [4.69, 9.17) is 9.47 Å². The molecule has 2 amide bonds. The van der Waals surface area contributed by atoms with E-state index in [0.29, 0.717) is 17.2 Å². The zero-order valence-corrected chi connectivity index (χ0v) is 13.5. The van der Waals surface area contributed by atoms with Gasteiger partial charge in [-0.2, -0.15) is 0 Å². The number of carbonyl (C=O) groups excluding carboxylic acids is 2. The van der Waals surface area contributed by atoms with Gasteiger partial charge in [-0.1, -0.05) is 12.1 Å². The first-order chi connectivity index (χ1) is 12.2. The minimum absolute atomic E-state index is 0.0585. The van der Waals surface area contributed by atoms with Crippen molar-refractivity contribution in [2.75, 3.05) is 17.2 Å². The summed E-state index contributed by atoms with van der Waals surface area (Å²) in [6, 6.07) is 14.3. The van der Waals surface area contributed by atoms with Crippen molar-refractivity contribution in [3.05, 3.63) is 48.5 Å². The van der Waals surface area contributed by atoms with Gasteiger partial charge in [-0.3, -0.25) is 9.59 Å². The summed E-state index contributed by atoms with van der Waals surface area (Å²) in [7, 11) is 0. The Kier molecular flexibility index (Phi) is 4.01.